The minimum Gasteiger partial charge on any atom is -0.497 e. The van der Waals surface area contributed by atoms with Crippen molar-refractivity contribution in [2.75, 3.05) is 30.8 Å². The van der Waals surface area contributed by atoms with Gasteiger partial charge in [0.25, 0.3) is 10.0 Å². The molecule has 3 aromatic rings. The summed E-state index contributed by atoms with van der Waals surface area (Å²) in [6, 6.07) is 19.6. The van der Waals surface area contributed by atoms with Gasteiger partial charge in [-0.05, 0) is 48.0 Å². The molecule has 0 aromatic heterocycles. The Bertz CT molecular complexity index is 1260. The zero-order valence-corrected chi connectivity index (χ0v) is 19.9. The van der Waals surface area contributed by atoms with Crippen LogP contribution in [0.4, 0.5) is 16.2 Å². The molecular weight excluding hydrogens is 474 g/mol. The molecule has 0 radical (unpaired) electrons. The van der Waals surface area contributed by atoms with Crippen LogP contribution in [0.25, 0.3) is 0 Å². The second-order valence-electron chi connectivity index (χ2n) is 7.16. The van der Waals surface area contributed by atoms with Crippen LogP contribution in [-0.4, -0.2) is 41.2 Å². The first kappa shape index (κ1) is 25.4. The lowest BCUT2D eigenvalue weighted by atomic mass is 10.2. The van der Waals surface area contributed by atoms with Crippen LogP contribution < -0.4 is 24.8 Å². The lowest BCUT2D eigenvalue weighted by molar-refractivity contribution is -0.115. The number of hydrogen-bond donors (Lipinski definition) is 3. The molecule has 0 spiro atoms. The third kappa shape index (κ3) is 7.37. The van der Waals surface area contributed by atoms with E-state index in [-0.39, 0.29) is 29.5 Å². The number of sulfonamides is 1. The quantitative estimate of drug-likeness (QED) is 0.390. The molecule has 0 saturated heterocycles. The van der Waals surface area contributed by atoms with Crippen LogP contribution in [0.2, 0.25) is 0 Å². The second-order valence-corrected chi connectivity index (χ2v) is 8.81. The second kappa shape index (κ2) is 11.7. The summed E-state index contributed by atoms with van der Waals surface area (Å²) < 4.78 is 43.7. The molecule has 0 heterocycles. The Balaban J connectivity index is 1.61. The normalized spacial score (nSPS) is 10.7. The Morgan fingerprint density at radius 3 is 2.20 bits per heavy atom. The molecule has 0 saturated carbocycles. The van der Waals surface area contributed by atoms with Gasteiger partial charge in [0.15, 0.2) is 0 Å². The van der Waals surface area contributed by atoms with Gasteiger partial charge in [-0.3, -0.25) is 9.52 Å². The molecule has 3 N–H and O–H groups in total. The van der Waals surface area contributed by atoms with E-state index in [4.69, 9.17) is 14.2 Å². The van der Waals surface area contributed by atoms with Gasteiger partial charge in [-0.1, -0.05) is 30.3 Å². The van der Waals surface area contributed by atoms with E-state index in [1.165, 1.54) is 32.4 Å². The van der Waals surface area contributed by atoms with E-state index in [2.05, 4.69) is 15.4 Å². The number of benzene rings is 3. The number of anilines is 2. The lowest BCUT2D eigenvalue weighted by Crippen LogP contribution is -2.33. The Kier molecular flexibility index (Phi) is 8.52. The highest BCUT2D eigenvalue weighted by Crippen LogP contribution is 2.29. The number of carbonyl (C=O) groups excluding carboxylic acids is 2. The average molecular weight is 500 g/mol. The number of carbonyl (C=O) groups is 2. The molecule has 0 unspecified atom stereocenters. The monoisotopic (exact) mass is 499 g/mol. The number of hydrogen-bond acceptors (Lipinski definition) is 7. The van der Waals surface area contributed by atoms with Crippen molar-refractivity contribution >= 4 is 33.4 Å². The smallest absolute Gasteiger partial charge is 0.407 e. The molecule has 10 nitrogen and oxygen atoms in total. The van der Waals surface area contributed by atoms with Gasteiger partial charge in [-0.25, -0.2) is 13.2 Å². The van der Waals surface area contributed by atoms with Crippen LogP contribution in [0.15, 0.2) is 77.7 Å². The first-order valence-electron chi connectivity index (χ1n) is 10.4. The van der Waals surface area contributed by atoms with Crippen LogP contribution >= 0.6 is 0 Å². The molecule has 0 aliphatic heterocycles. The predicted octanol–water partition coefficient (Wildman–Crippen LogP) is 3.37. The van der Waals surface area contributed by atoms with E-state index in [0.717, 1.165) is 5.56 Å². The Morgan fingerprint density at radius 2 is 1.54 bits per heavy atom. The highest BCUT2D eigenvalue weighted by molar-refractivity contribution is 7.92. The number of nitrogens with one attached hydrogen (secondary N) is 3. The van der Waals surface area contributed by atoms with Gasteiger partial charge in [0, 0.05) is 11.4 Å². The number of methoxy groups -OCH3 is 2. The maximum absolute atomic E-state index is 13.0. The van der Waals surface area contributed by atoms with Crippen molar-refractivity contribution in [3.8, 4) is 11.5 Å². The maximum Gasteiger partial charge on any atom is 0.407 e. The van der Waals surface area contributed by atoms with Crippen LogP contribution in [-0.2, 0) is 26.2 Å². The summed E-state index contributed by atoms with van der Waals surface area (Å²) in [6.45, 7) is -0.305. The largest absolute Gasteiger partial charge is 0.497 e. The molecular formula is C24H25N3O7S. The third-order valence-corrected chi connectivity index (χ3v) is 6.09. The summed E-state index contributed by atoms with van der Waals surface area (Å²) >= 11 is 0. The Hall–Kier alpha value is -4.25. The van der Waals surface area contributed by atoms with E-state index >= 15 is 0 Å². The molecule has 35 heavy (non-hydrogen) atoms. The fourth-order valence-electron chi connectivity index (χ4n) is 2.97. The van der Waals surface area contributed by atoms with Crippen molar-refractivity contribution < 1.29 is 32.2 Å². The van der Waals surface area contributed by atoms with Crippen molar-refractivity contribution in [1.29, 1.82) is 0 Å². The standard InChI is InChI=1S/C24H25N3O7S/c1-32-20-11-8-18(9-12-20)27-35(30,31)22-14-19(10-13-21(22)33-2)26-23(28)15-25-24(29)34-16-17-6-4-3-5-7-17/h3-14,27H,15-16H2,1-2H3,(H,25,29)(H,26,28). The first-order chi connectivity index (χ1) is 16.8. The molecule has 2 amide bonds. The predicted molar refractivity (Wildman–Crippen MR) is 130 cm³/mol. The molecule has 11 heteroatoms. The Morgan fingerprint density at radius 1 is 0.857 bits per heavy atom. The van der Waals surface area contributed by atoms with Crippen LogP contribution in [0, 0.1) is 0 Å². The molecule has 0 atom stereocenters. The van der Waals surface area contributed by atoms with Gasteiger partial charge in [0.1, 0.15) is 29.5 Å². The van der Waals surface area contributed by atoms with Crippen LogP contribution in [0.5, 0.6) is 11.5 Å². The number of alkyl carbamates (subject to hydrolysis) is 1. The summed E-state index contributed by atoms with van der Waals surface area (Å²) in [7, 11) is -1.21. The molecule has 3 rings (SSSR count). The fourth-order valence-corrected chi connectivity index (χ4v) is 4.22. The molecule has 0 aliphatic carbocycles. The average Bonchev–Trinajstić information content (AvgIpc) is 2.87. The summed E-state index contributed by atoms with van der Waals surface area (Å²) in [5, 5.41) is 4.88. The fraction of sp³-hybridized carbons (Fsp3) is 0.167. The number of amides is 2. The first-order valence-corrected chi connectivity index (χ1v) is 11.9. The summed E-state index contributed by atoms with van der Waals surface area (Å²) in [6.07, 6.45) is -0.759. The highest BCUT2D eigenvalue weighted by Gasteiger charge is 2.21. The van der Waals surface area contributed by atoms with Crippen molar-refractivity contribution in [1.82, 2.24) is 5.32 Å². The van der Waals surface area contributed by atoms with Gasteiger partial charge in [0.05, 0.1) is 14.2 Å². The van der Waals surface area contributed by atoms with E-state index in [1.807, 2.05) is 18.2 Å². The zero-order valence-electron chi connectivity index (χ0n) is 19.1. The summed E-state index contributed by atoms with van der Waals surface area (Å²) in [4.78, 5) is 23.9. The topological polar surface area (TPSA) is 132 Å². The SMILES string of the molecule is COc1ccc(NS(=O)(=O)c2cc(NC(=O)CNC(=O)OCc3ccccc3)ccc2OC)cc1. The number of ether oxygens (including phenoxy) is 3. The minimum atomic E-state index is -4.05. The van der Waals surface area contributed by atoms with Crippen molar-refractivity contribution in [3.05, 3.63) is 78.4 Å². The molecule has 3 aromatic carbocycles. The summed E-state index contributed by atoms with van der Waals surface area (Å²) in [5.41, 5.74) is 1.33. The molecule has 0 aliphatic rings. The molecule has 184 valence electrons. The lowest BCUT2D eigenvalue weighted by Gasteiger charge is -2.14. The molecule has 0 bridgehead atoms. The third-order valence-electron chi connectivity index (χ3n) is 4.69. The summed E-state index contributed by atoms with van der Waals surface area (Å²) in [5.74, 6) is 0.0951. The van der Waals surface area contributed by atoms with Crippen molar-refractivity contribution in [2.24, 2.45) is 0 Å². The van der Waals surface area contributed by atoms with Gasteiger partial charge in [-0.15, -0.1) is 0 Å². The van der Waals surface area contributed by atoms with Gasteiger partial charge >= 0.3 is 6.09 Å². The van der Waals surface area contributed by atoms with Crippen LogP contribution in [0.3, 0.4) is 0 Å². The highest BCUT2D eigenvalue weighted by atomic mass is 32.2. The van der Waals surface area contributed by atoms with Crippen LogP contribution in [0.1, 0.15) is 5.56 Å². The van der Waals surface area contributed by atoms with E-state index < -0.39 is 22.0 Å². The van der Waals surface area contributed by atoms with Crippen molar-refractivity contribution in [3.63, 3.8) is 0 Å². The zero-order chi connectivity index (χ0) is 25.3. The maximum atomic E-state index is 13.0. The van der Waals surface area contributed by atoms with E-state index in [0.29, 0.717) is 11.4 Å². The van der Waals surface area contributed by atoms with Gasteiger partial charge < -0.3 is 24.8 Å². The Labute approximate surface area is 203 Å². The minimum absolute atomic E-state index is 0.0647. The van der Waals surface area contributed by atoms with E-state index in [1.54, 1.807) is 36.4 Å². The molecule has 0 fully saturated rings. The van der Waals surface area contributed by atoms with Gasteiger partial charge in [-0.2, -0.15) is 0 Å². The van der Waals surface area contributed by atoms with Crippen molar-refractivity contribution in [2.45, 2.75) is 11.5 Å². The van der Waals surface area contributed by atoms with Gasteiger partial charge in [0.2, 0.25) is 5.91 Å². The van der Waals surface area contributed by atoms with E-state index in [9.17, 15) is 18.0 Å². The number of rotatable bonds is 10.